The zero-order chi connectivity index (χ0) is 26.1. The number of hydrogen-bond donors (Lipinski definition) is 0. The highest BCUT2D eigenvalue weighted by Gasteiger charge is 2.34. The van der Waals surface area contributed by atoms with Crippen molar-refractivity contribution >= 4 is 34.7 Å². The number of ether oxygens (including phenoxy) is 2. The molecule has 0 saturated carbocycles. The van der Waals surface area contributed by atoms with Crippen molar-refractivity contribution < 1.29 is 38.8 Å². The van der Waals surface area contributed by atoms with Crippen LogP contribution in [0.25, 0.3) is 0 Å². The Labute approximate surface area is 188 Å². The van der Waals surface area contributed by atoms with Crippen LogP contribution in [0.4, 0.5) is 22.7 Å². The van der Waals surface area contributed by atoms with Gasteiger partial charge in [-0.1, -0.05) is 0 Å². The number of carbonyl (C=O) groups is 2. The van der Waals surface area contributed by atoms with Crippen LogP contribution in [0.1, 0.15) is 22.3 Å². The standard InChI is InChI=1S/C18H14N4O12/c1-7-9(3)15(13(21(29)30)5-11(7)19(25)26)33-17(23)18(24)34-16-10(4)8(2)12(20(27)28)6-14(16)22(31)32/h5-6H,1-4H3. The van der Waals surface area contributed by atoms with Gasteiger partial charge in [-0.2, -0.15) is 0 Å². The Morgan fingerprint density at radius 3 is 1.06 bits per heavy atom. The predicted octanol–water partition coefficient (Wildman–Crippen LogP) is 3.06. The van der Waals surface area contributed by atoms with Gasteiger partial charge in [0, 0.05) is 22.3 Å². The Morgan fingerprint density at radius 2 is 0.824 bits per heavy atom. The molecule has 0 spiro atoms. The largest absolute Gasteiger partial charge is 0.423 e. The third-order valence-electron chi connectivity index (χ3n) is 4.93. The summed E-state index contributed by atoms with van der Waals surface area (Å²) in [7, 11) is 0. The molecule has 0 aromatic heterocycles. The van der Waals surface area contributed by atoms with Crippen LogP contribution < -0.4 is 9.47 Å². The fraction of sp³-hybridized carbons (Fsp3) is 0.222. The first-order valence-electron chi connectivity index (χ1n) is 8.98. The van der Waals surface area contributed by atoms with E-state index in [0.29, 0.717) is 12.1 Å². The lowest BCUT2D eigenvalue weighted by Gasteiger charge is -2.12. The van der Waals surface area contributed by atoms with E-state index >= 15 is 0 Å². The van der Waals surface area contributed by atoms with Crippen LogP contribution in [-0.2, 0) is 9.59 Å². The molecule has 2 rings (SSSR count). The first-order valence-corrected chi connectivity index (χ1v) is 8.98. The quantitative estimate of drug-likeness (QED) is 0.192. The van der Waals surface area contributed by atoms with Crippen LogP contribution in [0.5, 0.6) is 11.5 Å². The second-order valence-corrected chi connectivity index (χ2v) is 6.80. The van der Waals surface area contributed by atoms with Gasteiger partial charge >= 0.3 is 23.3 Å². The Morgan fingerprint density at radius 1 is 0.559 bits per heavy atom. The molecule has 0 fully saturated rings. The van der Waals surface area contributed by atoms with E-state index < -0.39 is 65.9 Å². The minimum Gasteiger partial charge on any atom is -0.410 e. The van der Waals surface area contributed by atoms with E-state index in [9.17, 15) is 50.0 Å². The van der Waals surface area contributed by atoms with E-state index in [0.717, 1.165) is 0 Å². The lowest BCUT2D eigenvalue weighted by molar-refractivity contribution is -0.395. The molecule has 0 aliphatic rings. The average Bonchev–Trinajstić information content (AvgIpc) is 2.73. The molecule has 2 aromatic rings. The summed E-state index contributed by atoms with van der Waals surface area (Å²) in [5.74, 6) is -5.18. The van der Waals surface area contributed by atoms with Crippen molar-refractivity contribution in [3.63, 3.8) is 0 Å². The Kier molecular flexibility index (Phi) is 6.85. The number of esters is 2. The molecule has 0 heterocycles. The van der Waals surface area contributed by atoms with Gasteiger partial charge in [-0.25, -0.2) is 9.59 Å². The highest BCUT2D eigenvalue weighted by atomic mass is 16.7. The van der Waals surface area contributed by atoms with E-state index in [1.54, 1.807) is 0 Å². The molecular formula is C18H14N4O12. The van der Waals surface area contributed by atoms with Gasteiger partial charge in [-0.3, -0.25) is 40.5 Å². The van der Waals surface area contributed by atoms with Crippen molar-refractivity contribution in [3.8, 4) is 11.5 Å². The molecule has 0 bridgehead atoms. The van der Waals surface area contributed by atoms with Crippen LogP contribution >= 0.6 is 0 Å². The lowest BCUT2D eigenvalue weighted by atomic mass is 10.1. The van der Waals surface area contributed by atoms with E-state index in [2.05, 4.69) is 0 Å². The molecule has 0 saturated heterocycles. The van der Waals surface area contributed by atoms with Crippen molar-refractivity contribution in [1.29, 1.82) is 0 Å². The Hall–Kier alpha value is -5.02. The summed E-state index contributed by atoms with van der Waals surface area (Å²) in [5, 5.41) is 44.9. The van der Waals surface area contributed by atoms with Gasteiger partial charge in [-0.15, -0.1) is 0 Å². The highest BCUT2D eigenvalue weighted by Crippen LogP contribution is 2.40. The topological polar surface area (TPSA) is 225 Å². The third kappa shape index (κ3) is 4.59. The summed E-state index contributed by atoms with van der Waals surface area (Å²) in [4.78, 5) is 65.6. The van der Waals surface area contributed by atoms with Gasteiger partial charge in [0.2, 0.25) is 11.5 Å². The summed E-state index contributed by atoms with van der Waals surface area (Å²) >= 11 is 0. The number of nitro groups is 4. The Balaban J connectivity index is 2.49. The molecule has 0 aliphatic heterocycles. The molecule has 16 nitrogen and oxygen atoms in total. The fourth-order valence-corrected chi connectivity index (χ4v) is 2.89. The van der Waals surface area contributed by atoms with Crippen LogP contribution in [-0.4, -0.2) is 31.6 Å². The molecule has 0 unspecified atom stereocenters. The van der Waals surface area contributed by atoms with E-state index in [4.69, 9.17) is 9.47 Å². The number of rotatable bonds is 6. The van der Waals surface area contributed by atoms with Crippen molar-refractivity contribution in [2.45, 2.75) is 27.7 Å². The molecule has 0 amide bonds. The lowest BCUT2D eigenvalue weighted by Crippen LogP contribution is -2.27. The number of nitro benzene ring substituents is 4. The summed E-state index contributed by atoms with van der Waals surface area (Å²) in [6.45, 7) is 4.83. The predicted molar refractivity (Wildman–Crippen MR) is 110 cm³/mol. The van der Waals surface area contributed by atoms with Crippen molar-refractivity contribution in [2.75, 3.05) is 0 Å². The second kappa shape index (κ2) is 9.23. The normalized spacial score (nSPS) is 10.4. The zero-order valence-corrected chi connectivity index (χ0v) is 17.8. The van der Waals surface area contributed by atoms with Gasteiger partial charge in [0.1, 0.15) is 0 Å². The van der Waals surface area contributed by atoms with Gasteiger partial charge in [0.05, 0.1) is 31.8 Å². The minimum absolute atomic E-state index is 0.0794. The maximum absolute atomic E-state index is 12.3. The molecule has 0 atom stereocenters. The van der Waals surface area contributed by atoms with Crippen molar-refractivity contribution in [3.05, 3.63) is 74.8 Å². The summed E-state index contributed by atoms with van der Waals surface area (Å²) in [5.41, 5.74) is -3.74. The molecule has 178 valence electrons. The van der Waals surface area contributed by atoms with Crippen molar-refractivity contribution in [1.82, 2.24) is 0 Å². The second-order valence-electron chi connectivity index (χ2n) is 6.80. The van der Waals surface area contributed by atoms with Gasteiger partial charge in [0.15, 0.2) is 0 Å². The molecular weight excluding hydrogens is 464 g/mol. The van der Waals surface area contributed by atoms with E-state index in [1.807, 2.05) is 0 Å². The van der Waals surface area contributed by atoms with Gasteiger partial charge in [0.25, 0.3) is 11.4 Å². The minimum atomic E-state index is -1.83. The highest BCUT2D eigenvalue weighted by molar-refractivity contribution is 6.31. The van der Waals surface area contributed by atoms with Gasteiger partial charge < -0.3 is 9.47 Å². The third-order valence-corrected chi connectivity index (χ3v) is 4.93. The number of benzene rings is 2. The summed E-state index contributed by atoms with van der Waals surface area (Å²) < 4.78 is 9.53. The van der Waals surface area contributed by atoms with Crippen LogP contribution in [0.2, 0.25) is 0 Å². The van der Waals surface area contributed by atoms with Crippen LogP contribution in [0.3, 0.4) is 0 Å². The molecule has 34 heavy (non-hydrogen) atoms. The first kappa shape index (κ1) is 25.2. The number of hydrogen-bond acceptors (Lipinski definition) is 12. The first-order chi connectivity index (χ1) is 15.7. The molecule has 16 heteroatoms. The fourth-order valence-electron chi connectivity index (χ4n) is 2.89. The monoisotopic (exact) mass is 478 g/mol. The molecule has 0 radical (unpaired) electrons. The van der Waals surface area contributed by atoms with Crippen LogP contribution in [0.15, 0.2) is 12.1 Å². The Bertz CT molecular complexity index is 1200. The maximum atomic E-state index is 12.3. The SMILES string of the molecule is Cc1c([N+](=O)[O-])cc([N+](=O)[O-])c(OC(=O)C(=O)Oc2c([N+](=O)[O-])cc([N+](=O)[O-])c(C)c2C)c1C. The zero-order valence-electron chi connectivity index (χ0n) is 17.8. The number of nitrogens with zero attached hydrogens (tertiary/aromatic N) is 4. The van der Waals surface area contributed by atoms with Crippen LogP contribution in [0, 0.1) is 68.2 Å². The van der Waals surface area contributed by atoms with E-state index in [-0.39, 0.29) is 22.3 Å². The van der Waals surface area contributed by atoms with E-state index in [1.165, 1.54) is 27.7 Å². The molecule has 2 aromatic carbocycles. The molecule has 0 aliphatic carbocycles. The number of carbonyl (C=O) groups excluding carboxylic acids is 2. The summed E-state index contributed by atoms with van der Waals surface area (Å²) in [6.07, 6.45) is 0. The van der Waals surface area contributed by atoms with Gasteiger partial charge in [-0.05, 0) is 27.7 Å². The maximum Gasteiger partial charge on any atom is 0.423 e. The smallest absolute Gasteiger partial charge is 0.410 e. The molecule has 0 N–H and O–H groups in total. The average molecular weight is 478 g/mol. The summed E-state index contributed by atoms with van der Waals surface area (Å²) in [6, 6.07) is 1.09. The van der Waals surface area contributed by atoms with Crippen molar-refractivity contribution in [2.24, 2.45) is 0 Å².